The summed E-state index contributed by atoms with van der Waals surface area (Å²) in [6, 6.07) is 34.9. The van der Waals surface area contributed by atoms with Crippen LogP contribution in [0.15, 0.2) is 128 Å². The fraction of sp³-hybridized carbons (Fsp3) is 0.0816. The summed E-state index contributed by atoms with van der Waals surface area (Å²) in [6.45, 7) is 16.6. The molecule has 6 nitrogen and oxygen atoms in total. The second kappa shape index (κ2) is 16.2. The molecule has 0 amide bonds. The zero-order valence-corrected chi connectivity index (χ0v) is 33.9. The maximum atomic E-state index is 5.14. The fourth-order valence-electron chi connectivity index (χ4n) is 6.91. The zero-order valence-electron chi connectivity index (χ0n) is 32.3. The zero-order chi connectivity index (χ0) is 39.5. The smallest absolute Gasteiger partial charge is 0.195 e. The summed E-state index contributed by atoms with van der Waals surface area (Å²) >= 11 is 3.30. The molecule has 0 radical (unpaired) electrons. The molecular weight excluding hydrogens is 737 g/mol. The van der Waals surface area contributed by atoms with Gasteiger partial charge in [-0.3, -0.25) is 4.57 Å². The molecule has 0 unspecified atom stereocenters. The van der Waals surface area contributed by atoms with Gasteiger partial charge in [-0.1, -0.05) is 122 Å². The molecule has 0 aliphatic carbocycles. The molecule has 0 aliphatic heterocycles. The molecule has 57 heavy (non-hydrogen) atoms. The number of hydrogen-bond acceptors (Lipinski definition) is 7. The first-order valence-electron chi connectivity index (χ1n) is 18.7. The molecule has 0 spiro atoms. The highest BCUT2D eigenvalue weighted by Crippen LogP contribution is 2.37. The van der Waals surface area contributed by atoms with Crippen LogP contribution in [0.5, 0.6) is 0 Å². The minimum atomic E-state index is 0.608. The van der Waals surface area contributed by atoms with Crippen LogP contribution in [0, 0.1) is 6.92 Å². The Morgan fingerprint density at radius 1 is 0.632 bits per heavy atom. The predicted molar refractivity (Wildman–Crippen MR) is 244 cm³/mol. The highest BCUT2D eigenvalue weighted by Gasteiger charge is 2.21. The first-order chi connectivity index (χ1) is 27.9. The van der Waals surface area contributed by atoms with E-state index in [1.807, 2.05) is 98.8 Å². The normalized spacial score (nSPS) is 12.0. The number of nitrogens with zero attached hydrogens (tertiary/aromatic N) is 6. The molecule has 4 aromatic heterocycles. The second-order valence-electron chi connectivity index (χ2n) is 13.4. The van der Waals surface area contributed by atoms with E-state index in [1.54, 1.807) is 22.7 Å². The highest BCUT2D eigenvalue weighted by atomic mass is 32.1. The van der Waals surface area contributed by atoms with Gasteiger partial charge in [-0.05, 0) is 87.4 Å². The lowest BCUT2D eigenvalue weighted by molar-refractivity contribution is 0.978. The van der Waals surface area contributed by atoms with Crippen molar-refractivity contribution in [3.05, 3.63) is 167 Å². The molecule has 0 saturated heterocycles. The number of fused-ring (bicyclic) bond motifs is 1. The summed E-state index contributed by atoms with van der Waals surface area (Å²) in [7, 11) is 0. The number of benzene rings is 4. The number of allylic oxidation sites excluding steroid dienone is 3. The minimum absolute atomic E-state index is 0.608. The maximum Gasteiger partial charge on any atom is 0.195 e. The Balaban J connectivity index is 1.15. The average Bonchev–Trinajstić information content (AvgIpc) is 3.94. The van der Waals surface area contributed by atoms with E-state index in [0.717, 1.165) is 86.8 Å². The Hall–Kier alpha value is -6.61. The minimum Gasteiger partial charge on any atom is -0.289 e. The number of aromatic nitrogens is 6. The number of hydrogen-bond donors (Lipinski definition) is 0. The molecule has 0 N–H and O–H groups in total. The molecular formula is C49H40N6S2. The summed E-state index contributed by atoms with van der Waals surface area (Å²) in [6.07, 6.45) is 14.3. The van der Waals surface area contributed by atoms with Gasteiger partial charge in [0.25, 0.3) is 0 Å². The van der Waals surface area contributed by atoms with Gasteiger partial charge in [-0.25, -0.2) is 24.9 Å². The summed E-state index contributed by atoms with van der Waals surface area (Å²) < 4.78 is 3.30. The van der Waals surface area contributed by atoms with Gasteiger partial charge in [-0.2, -0.15) is 0 Å². The van der Waals surface area contributed by atoms with Crippen LogP contribution in [-0.4, -0.2) is 29.5 Å². The largest absolute Gasteiger partial charge is 0.289 e. The third-order valence-electron chi connectivity index (χ3n) is 9.70. The van der Waals surface area contributed by atoms with E-state index in [1.165, 1.54) is 0 Å². The third kappa shape index (κ3) is 7.40. The highest BCUT2D eigenvalue weighted by molar-refractivity contribution is 7.21. The second-order valence-corrected chi connectivity index (χ2v) is 15.5. The van der Waals surface area contributed by atoms with Gasteiger partial charge in [-0.15, -0.1) is 11.3 Å². The monoisotopic (exact) mass is 776 g/mol. The van der Waals surface area contributed by atoms with Crippen molar-refractivity contribution >= 4 is 68.8 Å². The molecule has 8 rings (SSSR count). The van der Waals surface area contributed by atoms with Crippen molar-refractivity contribution in [3.63, 3.8) is 0 Å². The van der Waals surface area contributed by atoms with E-state index < -0.39 is 0 Å². The maximum absolute atomic E-state index is 5.14. The Kier molecular flexibility index (Phi) is 10.6. The quantitative estimate of drug-likeness (QED) is 0.131. The van der Waals surface area contributed by atoms with Crippen molar-refractivity contribution in [2.45, 2.75) is 27.7 Å². The van der Waals surface area contributed by atoms with Crippen LogP contribution in [-0.2, 0) is 0 Å². The van der Waals surface area contributed by atoms with Gasteiger partial charge < -0.3 is 0 Å². The van der Waals surface area contributed by atoms with Crippen LogP contribution in [0.3, 0.4) is 0 Å². The summed E-state index contributed by atoms with van der Waals surface area (Å²) in [5, 5.41) is 1.84. The SMILES string of the molecule is C=Cc1sc(-n2c(C)c(/C=C\C)c(/C=C(\C)c3cccc(-c4nc5cc(-c6nc(-c7ccccc7)nc(-c7ccccc7)n6)ccc5s4)c3)c2C=C)nc1/C=C\C. The molecule has 4 aromatic carbocycles. The summed E-state index contributed by atoms with van der Waals surface area (Å²) in [5.41, 5.74) is 12.2. The predicted octanol–water partition coefficient (Wildman–Crippen LogP) is 13.6. The Bertz CT molecular complexity index is 2810. The van der Waals surface area contributed by atoms with Crippen LogP contribution >= 0.6 is 22.7 Å². The van der Waals surface area contributed by atoms with Crippen LogP contribution in [0.25, 0.3) is 96.0 Å². The van der Waals surface area contributed by atoms with Gasteiger partial charge in [0.1, 0.15) is 5.01 Å². The van der Waals surface area contributed by atoms with E-state index >= 15 is 0 Å². The van der Waals surface area contributed by atoms with E-state index in [4.69, 9.17) is 24.9 Å². The Morgan fingerprint density at radius 3 is 1.91 bits per heavy atom. The molecule has 0 saturated carbocycles. The first kappa shape index (κ1) is 37.3. The molecule has 0 bridgehead atoms. The lowest BCUT2D eigenvalue weighted by atomic mass is 9.99. The molecule has 4 heterocycles. The Morgan fingerprint density at radius 2 is 1.28 bits per heavy atom. The van der Waals surface area contributed by atoms with Crippen LogP contribution in [0.1, 0.15) is 59.4 Å². The molecule has 8 heteroatoms. The third-order valence-corrected chi connectivity index (χ3v) is 11.8. The van der Waals surface area contributed by atoms with Gasteiger partial charge in [0.15, 0.2) is 22.6 Å². The van der Waals surface area contributed by atoms with E-state index in [0.29, 0.717) is 17.5 Å². The van der Waals surface area contributed by atoms with Gasteiger partial charge in [0.05, 0.1) is 26.5 Å². The van der Waals surface area contributed by atoms with Gasteiger partial charge >= 0.3 is 0 Å². The Labute approximate surface area is 341 Å². The molecule has 0 fully saturated rings. The standard InChI is InChI=1S/C49H40N6S2/c1-7-18-38-32(6)55(49-51-40(19-8-2)43(10-4)57-49)42(9-3)39(38)28-31(5)35-24-17-25-37(29-35)48-50-41-30-36(26-27-44(41)56-48)47-53-45(33-20-13-11-14-21-33)52-46(54-47)34-22-15-12-16-23-34/h7-30H,3-4H2,1-2,5-6H3/b18-7-,19-8-,31-28+. The number of thiazole rings is 2. The lowest BCUT2D eigenvalue weighted by Crippen LogP contribution is -2.00. The average molecular weight is 777 g/mol. The van der Waals surface area contributed by atoms with Crippen molar-refractivity contribution in [2.75, 3.05) is 0 Å². The molecule has 0 atom stereocenters. The van der Waals surface area contributed by atoms with Gasteiger partial charge in [0.2, 0.25) is 0 Å². The van der Waals surface area contributed by atoms with Crippen molar-refractivity contribution in [1.29, 1.82) is 0 Å². The molecule has 278 valence electrons. The van der Waals surface area contributed by atoms with Crippen molar-refractivity contribution < 1.29 is 0 Å². The van der Waals surface area contributed by atoms with E-state index in [9.17, 15) is 0 Å². The fourth-order valence-corrected chi connectivity index (χ4v) is 8.82. The van der Waals surface area contributed by atoms with Crippen molar-refractivity contribution in [2.24, 2.45) is 0 Å². The van der Waals surface area contributed by atoms with Crippen molar-refractivity contribution in [1.82, 2.24) is 29.5 Å². The van der Waals surface area contributed by atoms with Crippen molar-refractivity contribution in [3.8, 4) is 49.9 Å². The first-order valence-corrected chi connectivity index (χ1v) is 20.4. The van der Waals surface area contributed by atoms with E-state index in [2.05, 4.69) is 92.3 Å². The van der Waals surface area contributed by atoms with Gasteiger partial charge in [0, 0.05) is 39.1 Å². The number of rotatable bonds is 11. The summed E-state index contributed by atoms with van der Waals surface area (Å²) in [5.74, 6) is 1.87. The topological polar surface area (TPSA) is 69.4 Å². The summed E-state index contributed by atoms with van der Waals surface area (Å²) in [4.78, 5) is 25.9. The molecule has 8 aromatic rings. The molecule has 0 aliphatic rings. The van der Waals surface area contributed by atoms with E-state index in [-0.39, 0.29) is 0 Å². The van der Waals surface area contributed by atoms with Crippen LogP contribution in [0.4, 0.5) is 0 Å². The lowest BCUT2D eigenvalue weighted by Gasteiger charge is -2.08. The van der Waals surface area contributed by atoms with Crippen LogP contribution < -0.4 is 0 Å². The van der Waals surface area contributed by atoms with Crippen LogP contribution in [0.2, 0.25) is 0 Å².